The van der Waals surface area contributed by atoms with Crippen LogP contribution in [0.1, 0.15) is 31.5 Å². The molecule has 4 rings (SSSR count). The van der Waals surface area contributed by atoms with Crippen molar-refractivity contribution >= 4 is 6.03 Å². The van der Waals surface area contributed by atoms with Gasteiger partial charge >= 0.3 is 6.03 Å². The normalized spacial score (nSPS) is 23.1. The maximum Gasteiger partial charge on any atom is 0.318 e. The maximum atomic E-state index is 12.7. The van der Waals surface area contributed by atoms with Crippen molar-refractivity contribution in [3.05, 3.63) is 42.5 Å². The second kappa shape index (κ2) is 7.23. The number of para-hydroxylation sites is 1. The Morgan fingerprint density at radius 1 is 1.24 bits per heavy atom. The van der Waals surface area contributed by atoms with Gasteiger partial charge in [-0.3, -0.25) is 0 Å². The number of carbonyl (C=O) groups is 1. The van der Waals surface area contributed by atoms with Gasteiger partial charge < -0.3 is 15.0 Å². The number of urea groups is 1. The number of rotatable bonds is 4. The van der Waals surface area contributed by atoms with E-state index in [-0.39, 0.29) is 18.2 Å². The summed E-state index contributed by atoms with van der Waals surface area (Å²) >= 11 is 0. The molecule has 1 N–H and O–H groups in total. The molecule has 0 radical (unpaired) electrons. The molecule has 2 amide bonds. The summed E-state index contributed by atoms with van der Waals surface area (Å²) in [6.07, 6.45) is 5.92. The summed E-state index contributed by atoms with van der Waals surface area (Å²) in [6, 6.07) is 9.96. The molecule has 2 saturated heterocycles. The average Bonchev–Trinajstić information content (AvgIpc) is 3.41. The summed E-state index contributed by atoms with van der Waals surface area (Å²) in [5.41, 5.74) is 0.933. The highest BCUT2D eigenvalue weighted by atomic mass is 16.5. The summed E-state index contributed by atoms with van der Waals surface area (Å²) < 4.78 is 7.55. The third kappa shape index (κ3) is 3.37. The molecule has 132 valence electrons. The van der Waals surface area contributed by atoms with E-state index in [1.807, 2.05) is 35.2 Å². The van der Waals surface area contributed by atoms with Crippen LogP contribution >= 0.6 is 0 Å². The first-order valence-electron chi connectivity index (χ1n) is 8.93. The molecule has 0 spiro atoms. The molecule has 2 aliphatic rings. The zero-order valence-electron chi connectivity index (χ0n) is 14.2. The average molecular weight is 341 g/mol. The van der Waals surface area contributed by atoms with Crippen molar-refractivity contribution in [2.24, 2.45) is 0 Å². The number of amides is 2. The van der Waals surface area contributed by atoms with Crippen molar-refractivity contribution in [3.63, 3.8) is 0 Å². The van der Waals surface area contributed by atoms with E-state index in [0.29, 0.717) is 12.4 Å². The van der Waals surface area contributed by atoms with E-state index in [1.165, 1.54) is 6.33 Å². The molecule has 7 nitrogen and oxygen atoms in total. The first-order valence-corrected chi connectivity index (χ1v) is 8.93. The summed E-state index contributed by atoms with van der Waals surface area (Å²) in [5, 5.41) is 7.26. The van der Waals surface area contributed by atoms with Gasteiger partial charge in [0.05, 0.1) is 24.4 Å². The number of carbonyl (C=O) groups excluding carboxylic acids is 1. The van der Waals surface area contributed by atoms with Crippen molar-refractivity contribution in [3.8, 4) is 5.69 Å². The second-order valence-corrected chi connectivity index (χ2v) is 6.54. The number of hydrogen-bond acceptors (Lipinski definition) is 4. The van der Waals surface area contributed by atoms with Gasteiger partial charge in [-0.2, -0.15) is 5.10 Å². The lowest BCUT2D eigenvalue weighted by atomic mass is 10.1. The zero-order chi connectivity index (χ0) is 17.1. The Labute approximate surface area is 147 Å². The van der Waals surface area contributed by atoms with Crippen LogP contribution in [0.2, 0.25) is 0 Å². The third-order valence-corrected chi connectivity index (χ3v) is 4.97. The molecule has 3 heterocycles. The largest absolute Gasteiger partial charge is 0.376 e. The highest BCUT2D eigenvalue weighted by molar-refractivity contribution is 5.74. The molecule has 2 aromatic rings. The molecule has 2 fully saturated rings. The van der Waals surface area contributed by atoms with Crippen LogP contribution in [0.25, 0.3) is 5.69 Å². The van der Waals surface area contributed by atoms with E-state index in [0.717, 1.165) is 44.5 Å². The van der Waals surface area contributed by atoms with Crippen LogP contribution in [0.5, 0.6) is 0 Å². The van der Waals surface area contributed by atoms with Gasteiger partial charge in [-0.15, -0.1) is 0 Å². The fourth-order valence-electron chi connectivity index (χ4n) is 3.76. The monoisotopic (exact) mass is 341 g/mol. The number of nitrogens with zero attached hydrogens (tertiary/aromatic N) is 4. The lowest BCUT2D eigenvalue weighted by Gasteiger charge is -2.28. The zero-order valence-corrected chi connectivity index (χ0v) is 14.2. The summed E-state index contributed by atoms with van der Waals surface area (Å²) in [6.45, 7) is 1.96. The van der Waals surface area contributed by atoms with Gasteiger partial charge in [-0.05, 0) is 37.8 Å². The van der Waals surface area contributed by atoms with Crippen LogP contribution in [-0.4, -0.2) is 51.0 Å². The standard InChI is InChI=1S/C18H23N5O2/c24-18(22-10-4-8-15(22)16-9-5-11-25-16)19-12-17-20-13-21-23(17)14-6-2-1-3-7-14/h1-3,6-7,13,15-16H,4-5,8-12H2,(H,19,24)/t15-,16-/m0/s1. The fraction of sp³-hybridized carbons (Fsp3) is 0.500. The van der Waals surface area contributed by atoms with E-state index in [4.69, 9.17) is 4.74 Å². The van der Waals surface area contributed by atoms with E-state index in [2.05, 4.69) is 15.4 Å². The van der Waals surface area contributed by atoms with Crippen molar-refractivity contribution in [2.75, 3.05) is 13.2 Å². The van der Waals surface area contributed by atoms with Crippen LogP contribution in [0.4, 0.5) is 4.79 Å². The van der Waals surface area contributed by atoms with Crippen molar-refractivity contribution < 1.29 is 9.53 Å². The third-order valence-electron chi connectivity index (χ3n) is 4.97. The van der Waals surface area contributed by atoms with Crippen LogP contribution in [-0.2, 0) is 11.3 Å². The highest BCUT2D eigenvalue weighted by Gasteiger charge is 2.36. The van der Waals surface area contributed by atoms with Crippen molar-refractivity contribution in [1.82, 2.24) is 25.0 Å². The van der Waals surface area contributed by atoms with E-state index in [1.54, 1.807) is 4.68 Å². The minimum Gasteiger partial charge on any atom is -0.376 e. The van der Waals surface area contributed by atoms with Crippen molar-refractivity contribution in [2.45, 2.75) is 44.4 Å². The fourth-order valence-corrected chi connectivity index (χ4v) is 3.76. The maximum absolute atomic E-state index is 12.7. The molecule has 1 aromatic heterocycles. The number of ether oxygens (including phenoxy) is 1. The summed E-state index contributed by atoms with van der Waals surface area (Å²) in [5.74, 6) is 0.715. The number of likely N-dealkylation sites (tertiary alicyclic amines) is 1. The molecule has 1 aromatic carbocycles. The van der Waals surface area contributed by atoms with Gasteiger partial charge in [0.25, 0.3) is 0 Å². The van der Waals surface area contributed by atoms with E-state index < -0.39 is 0 Å². The van der Waals surface area contributed by atoms with Gasteiger partial charge in [0, 0.05) is 13.2 Å². The second-order valence-electron chi connectivity index (χ2n) is 6.54. The molecule has 7 heteroatoms. The topological polar surface area (TPSA) is 72.3 Å². The van der Waals surface area contributed by atoms with Crippen LogP contribution in [0.15, 0.2) is 36.7 Å². The molecule has 0 bridgehead atoms. The Balaban J connectivity index is 1.40. The predicted octanol–water partition coefficient (Wildman–Crippen LogP) is 2.12. The minimum atomic E-state index is -0.0411. The number of hydrogen-bond donors (Lipinski definition) is 1. The van der Waals surface area contributed by atoms with Crippen LogP contribution in [0, 0.1) is 0 Å². The van der Waals surface area contributed by atoms with E-state index in [9.17, 15) is 4.79 Å². The van der Waals surface area contributed by atoms with Gasteiger partial charge in [-0.25, -0.2) is 14.5 Å². The van der Waals surface area contributed by atoms with Crippen LogP contribution in [0.3, 0.4) is 0 Å². The minimum absolute atomic E-state index is 0.0411. The number of aromatic nitrogens is 3. The lowest BCUT2D eigenvalue weighted by Crippen LogP contribution is -2.47. The number of nitrogens with one attached hydrogen (secondary N) is 1. The molecule has 2 aliphatic heterocycles. The molecule has 0 aliphatic carbocycles. The lowest BCUT2D eigenvalue weighted by molar-refractivity contribution is 0.0520. The van der Waals surface area contributed by atoms with Gasteiger partial charge in [0.2, 0.25) is 0 Å². The Morgan fingerprint density at radius 3 is 2.92 bits per heavy atom. The molecular weight excluding hydrogens is 318 g/mol. The highest BCUT2D eigenvalue weighted by Crippen LogP contribution is 2.27. The molecule has 25 heavy (non-hydrogen) atoms. The first kappa shape index (κ1) is 16.1. The van der Waals surface area contributed by atoms with Crippen molar-refractivity contribution in [1.29, 1.82) is 0 Å². The Morgan fingerprint density at radius 2 is 2.12 bits per heavy atom. The van der Waals surface area contributed by atoms with Gasteiger partial charge in [0.1, 0.15) is 6.33 Å². The van der Waals surface area contributed by atoms with E-state index >= 15 is 0 Å². The molecule has 2 atom stereocenters. The predicted molar refractivity (Wildman–Crippen MR) is 92.3 cm³/mol. The Hall–Kier alpha value is -2.41. The van der Waals surface area contributed by atoms with Crippen LogP contribution < -0.4 is 5.32 Å². The quantitative estimate of drug-likeness (QED) is 0.924. The summed E-state index contributed by atoms with van der Waals surface area (Å²) in [7, 11) is 0. The number of benzene rings is 1. The molecular formula is C18H23N5O2. The van der Waals surface area contributed by atoms with Gasteiger partial charge in [0.15, 0.2) is 5.82 Å². The Kier molecular flexibility index (Phi) is 4.65. The molecule has 0 unspecified atom stereocenters. The summed E-state index contributed by atoms with van der Waals surface area (Å²) in [4.78, 5) is 18.9. The van der Waals surface area contributed by atoms with Gasteiger partial charge in [-0.1, -0.05) is 18.2 Å². The Bertz CT molecular complexity index is 711. The molecule has 0 saturated carbocycles. The SMILES string of the molecule is O=C(NCc1ncnn1-c1ccccc1)N1CCC[C@H]1[C@@H]1CCCO1. The first-order chi connectivity index (χ1) is 12.3. The smallest absolute Gasteiger partial charge is 0.318 e.